The first-order valence-electron chi connectivity index (χ1n) is 4.14. The molecule has 1 radical (unpaired) electrons. The number of rotatable bonds is 3. The van der Waals surface area contributed by atoms with Gasteiger partial charge in [-0.05, 0) is 5.56 Å². The molecule has 1 atom stereocenters. The molecule has 0 aliphatic carbocycles. The number of benzene rings is 1. The molecule has 0 amide bonds. The Labute approximate surface area is 88.9 Å². The van der Waals surface area contributed by atoms with Crippen molar-refractivity contribution in [2.75, 3.05) is 0 Å². The molecule has 0 spiro atoms. The Morgan fingerprint density at radius 3 is 2.33 bits per heavy atom. The monoisotopic (exact) mass is 204 g/mol. The lowest BCUT2D eigenvalue weighted by atomic mass is 10.1. The average molecular weight is 204 g/mol. The topological polar surface area (TPSA) is 69.9 Å². The van der Waals surface area contributed by atoms with Crippen LogP contribution in [0.5, 0.6) is 0 Å². The molecule has 0 bridgehead atoms. The first kappa shape index (κ1) is 13.3. The van der Waals surface area contributed by atoms with Crippen LogP contribution >= 0.6 is 0 Å². The smallest absolute Gasteiger partial charge is 0.429 e. The largest absolute Gasteiger partial charge is 0.482 e. The minimum absolute atomic E-state index is 0. The zero-order chi connectivity index (χ0) is 11.5. The number of hydrogen-bond acceptors (Lipinski definition) is 4. The van der Waals surface area contributed by atoms with Crippen molar-refractivity contribution in [1.29, 1.82) is 0 Å². The van der Waals surface area contributed by atoms with Gasteiger partial charge >= 0.3 is 7.69 Å². The van der Waals surface area contributed by atoms with Crippen LogP contribution in [0.25, 0.3) is 0 Å². The van der Waals surface area contributed by atoms with Gasteiger partial charge in [-0.2, -0.15) is 4.99 Å². The van der Waals surface area contributed by atoms with Crippen molar-refractivity contribution in [3.05, 3.63) is 48.6 Å². The van der Waals surface area contributed by atoms with Crippen LogP contribution in [0.3, 0.4) is 0 Å². The van der Waals surface area contributed by atoms with Crippen molar-refractivity contribution in [2.45, 2.75) is 6.04 Å². The number of hydrogen-bond donors (Lipinski definition) is 2. The molecule has 0 aromatic heterocycles. The van der Waals surface area contributed by atoms with Gasteiger partial charge in [0, 0.05) is 0 Å². The summed E-state index contributed by atoms with van der Waals surface area (Å²) < 4.78 is 0. The van der Waals surface area contributed by atoms with Crippen LogP contribution in [-0.2, 0) is 4.79 Å². The van der Waals surface area contributed by atoms with Gasteiger partial charge in [0.25, 0.3) is 0 Å². The van der Waals surface area contributed by atoms with Crippen LogP contribution < -0.4 is 0 Å². The third kappa shape index (κ3) is 5.59. The van der Waals surface area contributed by atoms with Crippen LogP contribution in [0.2, 0.25) is 0 Å². The Hall–Kier alpha value is -1.68. The van der Waals surface area contributed by atoms with Crippen molar-refractivity contribution in [2.24, 2.45) is 4.99 Å². The summed E-state index contributed by atoms with van der Waals surface area (Å²) in [6.45, 7) is 3.58. The van der Waals surface area contributed by atoms with E-state index in [0.717, 1.165) is 5.56 Å². The number of aliphatic imine (C=N–C) groups is 1. The second-order valence-electron chi connectivity index (χ2n) is 2.43. The summed E-state index contributed by atoms with van der Waals surface area (Å²) in [4.78, 5) is 13.6. The highest BCUT2D eigenvalue weighted by Crippen LogP contribution is 2.16. The molecular weight excluding hydrogens is 193 g/mol. The van der Waals surface area contributed by atoms with Gasteiger partial charge < -0.3 is 10.0 Å². The number of carbonyl (C=O) groups excluding carboxylic acids is 1. The van der Waals surface area contributed by atoms with E-state index in [9.17, 15) is 4.79 Å². The standard InChI is InChI=1S/C10H9NO.BH2O2/c1-2-10(11-8-12)9-6-4-3-5-7-9;2-1-3/h2-7,10H,1H2;2-3H. The molecule has 2 N–H and O–H groups in total. The van der Waals surface area contributed by atoms with Crippen molar-refractivity contribution < 1.29 is 14.8 Å². The van der Waals surface area contributed by atoms with Crippen LogP contribution in [0.4, 0.5) is 0 Å². The molecule has 77 valence electrons. The quantitative estimate of drug-likeness (QED) is 0.330. The minimum atomic E-state index is -0.260. The second-order valence-corrected chi connectivity index (χ2v) is 2.43. The second kappa shape index (κ2) is 8.90. The first-order chi connectivity index (χ1) is 7.29. The van der Waals surface area contributed by atoms with Gasteiger partial charge in [0.05, 0.1) is 0 Å². The average Bonchev–Trinajstić information content (AvgIpc) is 2.28. The van der Waals surface area contributed by atoms with E-state index in [1.807, 2.05) is 30.3 Å². The Morgan fingerprint density at radius 1 is 1.40 bits per heavy atom. The Bertz CT molecular complexity index is 323. The normalized spacial score (nSPS) is 10.0. The number of nitrogens with zero attached hydrogens (tertiary/aromatic N) is 1. The fourth-order valence-corrected chi connectivity index (χ4v) is 0.970. The maximum absolute atomic E-state index is 10.0. The highest BCUT2D eigenvalue weighted by atomic mass is 16.4. The lowest BCUT2D eigenvalue weighted by molar-refractivity contribution is 0.448. The summed E-state index contributed by atoms with van der Waals surface area (Å²) >= 11 is 0. The molecule has 5 heteroatoms. The molecule has 1 aromatic carbocycles. The molecule has 15 heavy (non-hydrogen) atoms. The van der Waals surface area contributed by atoms with E-state index in [4.69, 9.17) is 10.0 Å². The van der Waals surface area contributed by atoms with Crippen molar-refractivity contribution in [1.82, 2.24) is 0 Å². The number of isocyanates is 1. The van der Waals surface area contributed by atoms with E-state index in [1.165, 1.54) is 6.08 Å². The molecule has 0 aliphatic heterocycles. The van der Waals surface area contributed by atoms with E-state index >= 15 is 0 Å². The van der Waals surface area contributed by atoms with Gasteiger partial charge in [-0.15, -0.1) is 6.58 Å². The van der Waals surface area contributed by atoms with Crippen LogP contribution in [0, 0.1) is 0 Å². The van der Waals surface area contributed by atoms with Gasteiger partial charge in [0.1, 0.15) is 6.04 Å². The third-order valence-electron chi connectivity index (χ3n) is 1.56. The van der Waals surface area contributed by atoms with Crippen molar-refractivity contribution in [3.63, 3.8) is 0 Å². The first-order valence-corrected chi connectivity index (χ1v) is 4.14. The minimum Gasteiger partial charge on any atom is -0.429 e. The van der Waals surface area contributed by atoms with E-state index in [0.29, 0.717) is 0 Å². The molecule has 0 saturated heterocycles. The van der Waals surface area contributed by atoms with Gasteiger partial charge in [-0.25, -0.2) is 4.79 Å². The highest BCUT2D eigenvalue weighted by Gasteiger charge is 2.02. The summed E-state index contributed by atoms with van der Waals surface area (Å²) in [5, 5.41) is 14.0. The lowest BCUT2D eigenvalue weighted by Crippen LogP contribution is -1.88. The summed E-state index contributed by atoms with van der Waals surface area (Å²) in [7, 11) is 0. The van der Waals surface area contributed by atoms with Gasteiger partial charge in [0.15, 0.2) is 0 Å². The lowest BCUT2D eigenvalue weighted by Gasteiger charge is -2.03. The predicted molar refractivity (Wildman–Crippen MR) is 57.7 cm³/mol. The Balaban J connectivity index is 0.000000583. The third-order valence-corrected chi connectivity index (χ3v) is 1.56. The van der Waals surface area contributed by atoms with Crippen molar-refractivity contribution in [3.8, 4) is 0 Å². The fourth-order valence-electron chi connectivity index (χ4n) is 0.970. The van der Waals surface area contributed by atoms with Crippen LogP contribution in [0.15, 0.2) is 48.0 Å². The van der Waals surface area contributed by atoms with E-state index in [2.05, 4.69) is 11.6 Å². The molecular formula is C10H11BNO3. The molecule has 0 saturated carbocycles. The SMILES string of the molecule is C=CC(N=C=O)c1ccccc1.O[B]O. The van der Waals surface area contributed by atoms with Gasteiger partial charge in [-0.1, -0.05) is 36.4 Å². The van der Waals surface area contributed by atoms with Gasteiger partial charge in [-0.3, -0.25) is 0 Å². The summed E-state index contributed by atoms with van der Waals surface area (Å²) in [5.74, 6) is 0. The summed E-state index contributed by atoms with van der Waals surface area (Å²) in [5.41, 5.74) is 0.954. The molecule has 4 nitrogen and oxygen atoms in total. The summed E-state index contributed by atoms with van der Waals surface area (Å²) in [6, 6.07) is 9.23. The molecule has 0 aliphatic rings. The summed E-state index contributed by atoms with van der Waals surface area (Å²) in [6.07, 6.45) is 3.13. The molecule has 0 fully saturated rings. The Kier molecular flexibility index (Phi) is 7.91. The van der Waals surface area contributed by atoms with Crippen molar-refractivity contribution >= 4 is 13.8 Å². The van der Waals surface area contributed by atoms with Crippen LogP contribution in [-0.4, -0.2) is 23.8 Å². The van der Waals surface area contributed by atoms with E-state index in [1.54, 1.807) is 6.08 Å². The maximum Gasteiger partial charge on any atom is 0.482 e. The zero-order valence-corrected chi connectivity index (χ0v) is 8.08. The van der Waals surface area contributed by atoms with E-state index < -0.39 is 0 Å². The Morgan fingerprint density at radius 2 is 1.93 bits per heavy atom. The molecule has 0 heterocycles. The molecule has 1 rings (SSSR count). The van der Waals surface area contributed by atoms with E-state index in [-0.39, 0.29) is 13.7 Å². The predicted octanol–water partition coefficient (Wildman–Crippen LogP) is 0.755. The zero-order valence-electron chi connectivity index (χ0n) is 8.08. The highest BCUT2D eigenvalue weighted by molar-refractivity contribution is 6.13. The van der Waals surface area contributed by atoms with Gasteiger partial charge in [0.2, 0.25) is 6.08 Å². The maximum atomic E-state index is 10.0. The fraction of sp³-hybridized carbons (Fsp3) is 0.100. The van der Waals surface area contributed by atoms with Crippen LogP contribution in [0.1, 0.15) is 11.6 Å². The molecule has 1 unspecified atom stereocenters. The molecule has 1 aromatic rings.